The van der Waals surface area contributed by atoms with Gasteiger partial charge in [0.2, 0.25) is 5.91 Å². The minimum absolute atomic E-state index is 0.115. The average Bonchev–Trinajstić information content (AvgIpc) is 3.41. The van der Waals surface area contributed by atoms with Crippen molar-refractivity contribution in [2.75, 3.05) is 13.1 Å². The van der Waals surface area contributed by atoms with Crippen molar-refractivity contribution in [1.82, 2.24) is 15.2 Å². The Bertz CT molecular complexity index is 1110. The molecule has 0 spiro atoms. The topological polar surface area (TPSA) is 76.3 Å². The molecule has 0 saturated carbocycles. The van der Waals surface area contributed by atoms with Gasteiger partial charge in [0.1, 0.15) is 6.54 Å². The highest BCUT2D eigenvalue weighted by Gasteiger charge is 2.13. The summed E-state index contributed by atoms with van der Waals surface area (Å²) in [5, 5.41) is 6.66. The van der Waals surface area contributed by atoms with Gasteiger partial charge in [-0.05, 0) is 29.8 Å². The summed E-state index contributed by atoms with van der Waals surface area (Å²) in [6, 6.07) is 23.4. The van der Waals surface area contributed by atoms with E-state index in [-0.39, 0.29) is 24.1 Å². The van der Waals surface area contributed by atoms with Gasteiger partial charge in [0.15, 0.2) is 5.76 Å². The van der Waals surface area contributed by atoms with Gasteiger partial charge in [-0.3, -0.25) is 9.59 Å². The number of amides is 2. The molecular weight excluding hydrogens is 366 g/mol. The zero-order chi connectivity index (χ0) is 20.1. The lowest BCUT2D eigenvalue weighted by Crippen LogP contribution is -2.36. The predicted octanol–water partition coefficient (Wildman–Crippen LogP) is 3.45. The molecule has 0 bridgehead atoms. The van der Waals surface area contributed by atoms with Crippen molar-refractivity contribution >= 4 is 22.7 Å². The van der Waals surface area contributed by atoms with E-state index in [1.165, 1.54) is 6.26 Å². The number of aromatic nitrogens is 1. The standard InChI is InChI=1S/C23H21N3O3/c27-22(24-12-13-25-23(28)21-11-6-14-29-21)16-26-19-10-5-4-9-18(19)15-20(26)17-7-2-1-3-8-17/h1-11,14-15H,12-13,16H2,(H,24,27)(H,25,28). The number of rotatable bonds is 7. The lowest BCUT2D eigenvalue weighted by atomic mass is 10.1. The van der Waals surface area contributed by atoms with Crippen molar-refractivity contribution in [1.29, 1.82) is 0 Å². The quantitative estimate of drug-likeness (QED) is 0.477. The number of para-hydroxylation sites is 1. The normalized spacial score (nSPS) is 10.8. The van der Waals surface area contributed by atoms with Crippen LogP contribution in [-0.2, 0) is 11.3 Å². The molecule has 6 nitrogen and oxygen atoms in total. The summed E-state index contributed by atoms with van der Waals surface area (Å²) in [6.07, 6.45) is 1.45. The molecule has 2 heterocycles. The Labute approximate surface area is 168 Å². The van der Waals surface area contributed by atoms with E-state index >= 15 is 0 Å². The maximum atomic E-state index is 12.5. The Morgan fingerprint density at radius 3 is 2.41 bits per heavy atom. The summed E-state index contributed by atoms with van der Waals surface area (Å²) in [6.45, 7) is 0.859. The monoisotopic (exact) mass is 387 g/mol. The van der Waals surface area contributed by atoms with Crippen LogP contribution in [0.1, 0.15) is 10.6 Å². The summed E-state index contributed by atoms with van der Waals surface area (Å²) >= 11 is 0. The van der Waals surface area contributed by atoms with Crippen LogP contribution in [0.15, 0.2) is 83.5 Å². The van der Waals surface area contributed by atoms with Gasteiger partial charge in [-0.15, -0.1) is 0 Å². The maximum absolute atomic E-state index is 12.5. The Morgan fingerprint density at radius 2 is 1.62 bits per heavy atom. The first-order chi connectivity index (χ1) is 14.2. The highest BCUT2D eigenvalue weighted by molar-refractivity contribution is 5.91. The summed E-state index contributed by atoms with van der Waals surface area (Å²) in [7, 11) is 0. The van der Waals surface area contributed by atoms with Crippen molar-refractivity contribution in [2.45, 2.75) is 6.54 Å². The van der Waals surface area contributed by atoms with Crippen LogP contribution in [0.3, 0.4) is 0 Å². The Kier molecular flexibility index (Phi) is 5.42. The van der Waals surface area contributed by atoms with Gasteiger partial charge >= 0.3 is 0 Å². The van der Waals surface area contributed by atoms with Crippen molar-refractivity contribution in [2.24, 2.45) is 0 Å². The van der Waals surface area contributed by atoms with Crippen LogP contribution in [0.5, 0.6) is 0 Å². The third kappa shape index (κ3) is 4.21. The molecule has 0 saturated heterocycles. The van der Waals surface area contributed by atoms with E-state index in [2.05, 4.69) is 16.7 Å². The highest BCUT2D eigenvalue weighted by Crippen LogP contribution is 2.28. The van der Waals surface area contributed by atoms with Crippen LogP contribution in [0.4, 0.5) is 0 Å². The van der Waals surface area contributed by atoms with E-state index in [0.29, 0.717) is 13.1 Å². The van der Waals surface area contributed by atoms with Crippen molar-refractivity contribution in [3.05, 3.63) is 84.8 Å². The number of hydrogen-bond acceptors (Lipinski definition) is 3. The summed E-state index contributed by atoms with van der Waals surface area (Å²) in [5.41, 5.74) is 3.06. The zero-order valence-electron chi connectivity index (χ0n) is 15.8. The predicted molar refractivity (Wildman–Crippen MR) is 111 cm³/mol. The lowest BCUT2D eigenvalue weighted by Gasteiger charge is -2.12. The molecule has 0 atom stereocenters. The molecule has 2 amide bonds. The number of furan rings is 1. The highest BCUT2D eigenvalue weighted by atomic mass is 16.3. The first kappa shape index (κ1) is 18.6. The van der Waals surface area contributed by atoms with Gasteiger partial charge in [-0.2, -0.15) is 0 Å². The lowest BCUT2D eigenvalue weighted by molar-refractivity contribution is -0.121. The Hall–Kier alpha value is -3.80. The van der Waals surface area contributed by atoms with E-state index in [1.807, 2.05) is 59.2 Å². The van der Waals surface area contributed by atoms with Gasteiger partial charge < -0.3 is 19.6 Å². The number of carbonyl (C=O) groups excluding carboxylic acids is 2. The minimum atomic E-state index is -0.299. The van der Waals surface area contributed by atoms with Crippen molar-refractivity contribution in [3.63, 3.8) is 0 Å². The van der Waals surface area contributed by atoms with Gasteiger partial charge in [-0.1, -0.05) is 48.5 Å². The third-order valence-electron chi connectivity index (χ3n) is 4.66. The number of nitrogens with one attached hydrogen (secondary N) is 2. The van der Waals surface area contributed by atoms with E-state index in [0.717, 1.165) is 22.2 Å². The van der Waals surface area contributed by atoms with Crippen molar-refractivity contribution < 1.29 is 14.0 Å². The van der Waals surface area contributed by atoms with Crippen molar-refractivity contribution in [3.8, 4) is 11.3 Å². The molecule has 0 aliphatic carbocycles. The smallest absolute Gasteiger partial charge is 0.287 e. The van der Waals surface area contributed by atoms with Crippen LogP contribution in [0, 0.1) is 0 Å². The van der Waals surface area contributed by atoms with Crippen LogP contribution in [0.2, 0.25) is 0 Å². The number of fused-ring (bicyclic) bond motifs is 1. The minimum Gasteiger partial charge on any atom is -0.459 e. The maximum Gasteiger partial charge on any atom is 0.287 e. The average molecular weight is 387 g/mol. The SMILES string of the molecule is O=C(Cn1c(-c2ccccc2)cc2ccccc21)NCCNC(=O)c1ccco1. The first-order valence-corrected chi connectivity index (χ1v) is 9.44. The Balaban J connectivity index is 1.42. The van der Waals surface area contributed by atoms with Crippen LogP contribution in [-0.4, -0.2) is 29.5 Å². The number of carbonyl (C=O) groups is 2. The Morgan fingerprint density at radius 1 is 0.862 bits per heavy atom. The molecule has 2 aromatic heterocycles. The van der Waals surface area contributed by atoms with E-state index in [4.69, 9.17) is 4.42 Å². The third-order valence-corrected chi connectivity index (χ3v) is 4.66. The second-order valence-electron chi connectivity index (χ2n) is 6.62. The first-order valence-electron chi connectivity index (χ1n) is 9.44. The molecule has 29 heavy (non-hydrogen) atoms. The molecule has 4 rings (SSSR count). The molecule has 2 N–H and O–H groups in total. The summed E-state index contributed by atoms with van der Waals surface area (Å²) in [5.74, 6) is -0.162. The summed E-state index contributed by atoms with van der Waals surface area (Å²) in [4.78, 5) is 24.4. The summed E-state index contributed by atoms with van der Waals surface area (Å²) < 4.78 is 7.05. The molecule has 0 aliphatic heterocycles. The molecule has 0 aliphatic rings. The van der Waals surface area contributed by atoms with Gasteiger partial charge in [0.05, 0.1) is 6.26 Å². The zero-order valence-corrected chi connectivity index (χ0v) is 15.8. The van der Waals surface area contributed by atoms with E-state index in [1.54, 1.807) is 12.1 Å². The number of nitrogens with zero attached hydrogens (tertiary/aromatic N) is 1. The van der Waals surface area contributed by atoms with Crippen LogP contribution >= 0.6 is 0 Å². The molecule has 146 valence electrons. The van der Waals surface area contributed by atoms with E-state index in [9.17, 15) is 9.59 Å². The van der Waals surface area contributed by atoms with Gasteiger partial charge in [0, 0.05) is 29.7 Å². The second kappa shape index (κ2) is 8.48. The fourth-order valence-corrected chi connectivity index (χ4v) is 3.30. The van der Waals surface area contributed by atoms with Crippen LogP contribution < -0.4 is 10.6 Å². The van der Waals surface area contributed by atoms with E-state index < -0.39 is 0 Å². The molecule has 4 aromatic rings. The van der Waals surface area contributed by atoms with Gasteiger partial charge in [0.25, 0.3) is 5.91 Å². The fraction of sp³-hybridized carbons (Fsp3) is 0.130. The van der Waals surface area contributed by atoms with Gasteiger partial charge in [-0.25, -0.2) is 0 Å². The molecule has 0 fully saturated rings. The largest absolute Gasteiger partial charge is 0.459 e. The fourth-order valence-electron chi connectivity index (χ4n) is 3.30. The molecule has 2 aromatic carbocycles. The molecule has 6 heteroatoms. The number of hydrogen-bond donors (Lipinski definition) is 2. The number of benzene rings is 2. The molecule has 0 radical (unpaired) electrons. The molecular formula is C23H21N3O3. The molecule has 0 unspecified atom stereocenters. The second-order valence-corrected chi connectivity index (χ2v) is 6.62. The van der Waals surface area contributed by atoms with Crippen LogP contribution in [0.25, 0.3) is 22.2 Å².